The lowest BCUT2D eigenvalue weighted by Gasteiger charge is -2.19. The van der Waals surface area contributed by atoms with Crippen molar-refractivity contribution < 1.29 is 0 Å². The molecule has 0 fully saturated rings. The normalized spacial score (nSPS) is 13.8. The van der Waals surface area contributed by atoms with Crippen LogP contribution in [0.4, 0.5) is 0 Å². The van der Waals surface area contributed by atoms with Crippen molar-refractivity contribution in [1.29, 1.82) is 0 Å². The molecule has 0 aromatic rings. The summed E-state index contributed by atoms with van der Waals surface area (Å²) in [5, 5.41) is 3.17. The number of hydrogen-bond acceptors (Lipinski definition) is 4. The Bertz CT molecular complexity index is 93.1. The summed E-state index contributed by atoms with van der Waals surface area (Å²) in [7, 11) is 4.02. The van der Waals surface area contributed by atoms with Crippen molar-refractivity contribution in [1.82, 2.24) is 10.2 Å². The Kier molecular flexibility index (Phi) is 7.39. The fourth-order valence-corrected chi connectivity index (χ4v) is 1.09. The van der Waals surface area contributed by atoms with Gasteiger partial charge in [-0.05, 0) is 27.1 Å². The number of likely N-dealkylation sites (N-methyl/N-ethyl adjacent to an activating group) is 2. The van der Waals surface area contributed by atoms with E-state index in [-0.39, 0.29) is 0 Å². The molecule has 4 nitrogen and oxygen atoms in total. The zero-order valence-electron chi connectivity index (χ0n) is 8.21. The summed E-state index contributed by atoms with van der Waals surface area (Å²) in [6, 6.07) is 0.435. The SMILES string of the molecule is CNC(CN)CCN(C)CCN. The van der Waals surface area contributed by atoms with Crippen LogP contribution in [0.2, 0.25) is 0 Å². The van der Waals surface area contributed by atoms with Crippen LogP contribution in [0.5, 0.6) is 0 Å². The van der Waals surface area contributed by atoms with Crippen molar-refractivity contribution in [2.45, 2.75) is 12.5 Å². The van der Waals surface area contributed by atoms with E-state index < -0.39 is 0 Å². The highest BCUT2D eigenvalue weighted by Crippen LogP contribution is 1.91. The van der Waals surface area contributed by atoms with Crippen LogP contribution in [0.15, 0.2) is 0 Å². The average Bonchev–Trinajstić information content (AvgIpc) is 2.07. The maximum absolute atomic E-state index is 5.54. The molecule has 0 bridgehead atoms. The fourth-order valence-electron chi connectivity index (χ4n) is 1.09. The van der Waals surface area contributed by atoms with Crippen LogP contribution >= 0.6 is 0 Å². The average molecular weight is 174 g/mol. The predicted molar refractivity (Wildman–Crippen MR) is 53.1 cm³/mol. The second kappa shape index (κ2) is 7.49. The molecule has 0 amide bonds. The van der Waals surface area contributed by atoms with Gasteiger partial charge in [-0.15, -0.1) is 0 Å². The fraction of sp³-hybridized carbons (Fsp3) is 1.00. The van der Waals surface area contributed by atoms with Gasteiger partial charge in [-0.3, -0.25) is 0 Å². The van der Waals surface area contributed by atoms with Gasteiger partial charge in [0.1, 0.15) is 0 Å². The smallest absolute Gasteiger partial charge is 0.0199 e. The highest BCUT2D eigenvalue weighted by molar-refractivity contribution is 4.66. The molecule has 0 aliphatic carbocycles. The number of hydrogen-bond donors (Lipinski definition) is 3. The van der Waals surface area contributed by atoms with Gasteiger partial charge >= 0.3 is 0 Å². The Labute approximate surface area is 75.3 Å². The van der Waals surface area contributed by atoms with Crippen molar-refractivity contribution >= 4 is 0 Å². The third-order valence-corrected chi connectivity index (χ3v) is 2.06. The Morgan fingerprint density at radius 1 is 1.33 bits per heavy atom. The molecular weight excluding hydrogens is 152 g/mol. The summed E-state index contributed by atoms with van der Waals surface area (Å²) in [5.74, 6) is 0. The summed E-state index contributed by atoms with van der Waals surface area (Å²) in [5.41, 5.74) is 11.0. The first-order valence-electron chi connectivity index (χ1n) is 4.50. The van der Waals surface area contributed by atoms with E-state index in [1.807, 2.05) is 7.05 Å². The van der Waals surface area contributed by atoms with Gasteiger partial charge in [0.2, 0.25) is 0 Å². The molecule has 12 heavy (non-hydrogen) atoms. The minimum atomic E-state index is 0.435. The van der Waals surface area contributed by atoms with Gasteiger partial charge in [0.15, 0.2) is 0 Å². The van der Waals surface area contributed by atoms with E-state index >= 15 is 0 Å². The molecule has 0 saturated carbocycles. The molecule has 5 N–H and O–H groups in total. The summed E-state index contributed by atoms with van der Waals surface area (Å²) < 4.78 is 0. The van der Waals surface area contributed by atoms with E-state index in [1.54, 1.807) is 0 Å². The van der Waals surface area contributed by atoms with Crippen LogP contribution in [-0.4, -0.2) is 51.2 Å². The third-order valence-electron chi connectivity index (χ3n) is 2.06. The van der Waals surface area contributed by atoms with Crippen LogP contribution in [0.3, 0.4) is 0 Å². The lowest BCUT2D eigenvalue weighted by molar-refractivity contribution is 0.318. The van der Waals surface area contributed by atoms with Gasteiger partial charge in [0.25, 0.3) is 0 Å². The van der Waals surface area contributed by atoms with E-state index in [2.05, 4.69) is 17.3 Å². The summed E-state index contributed by atoms with van der Waals surface area (Å²) >= 11 is 0. The number of nitrogens with zero attached hydrogens (tertiary/aromatic N) is 1. The first kappa shape index (κ1) is 11.8. The minimum Gasteiger partial charge on any atom is -0.329 e. The molecule has 0 radical (unpaired) electrons. The van der Waals surface area contributed by atoms with Crippen LogP contribution in [0.1, 0.15) is 6.42 Å². The molecule has 1 unspecified atom stereocenters. The summed E-state index contributed by atoms with van der Waals surface area (Å²) in [6.45, 7) is 3.44. The molecule has 0 spiro atoms. The molecule has 74 valence electrons. The van der Waals surface area contributed by atoms with Crippen LogP contribution in [-0.2, 0) is 0 Å². The Morgan fingerprint density at radius 2 is 2.00 bits per heavy atom. The maximum atomic E-state index is 5.54. The van der Waals surface area contributed by atoms with Gasteiger partial charge in [-0.2, -0.15) is 0 Å². The predicted octanol–water partition coefficient (Wildman–Crippen LogP) is -1.19. The van der Waals surface area contributed by atoms with Gasteiger partial charge < -0.3 is 21.7 Å². The minimum absolute atomic E-state index is 0.435. The Morgan fingerprint density at radius 3 is 2.42 bits per heavy atom. The molecule has 0 aliphatic heterocycles. The van der Waals surface area contributed by atoms with Crippen molar-refractivity contribution in [2.24, 2.45) is 11.5 Å². The largest absolute Gasteiger partial charge is 0.329 e. The molecular formula is C8H22N4. The monoisotopic (exact) mass is 174 g/mol. The standard InChI is InChI=1S/C8H22N4/c1-11-8(7-10)3-5-12(2)6-4-9/h8,11H,3-7,9-10H2,1-2H3. The van der Waals surface area contributed by atoms with E-state index in [0.717, 1.165) is 26.1 Å². The van der Waals surface area contributed by atoms with E-state index in [4.69, 9.17) is 11.5 Å². The molecule has 0 heterocycles. The summed E-state index contributed by atoms with van der Waals surface area (Å²) in [6.07, 6.45) is 1.09. The third kappa shape index (κ3) is 5.49. The second-order valence-corrected chi connectivity index (χ2v) is 3.10. The molecule has 1 atom stereocenters. The van der Waals surface area contributed by atoms with E-state index in [1.165, 1.54) is 0 Å². The number of rotatable bonds is 7. The van der Waals surface area contributed by atoms with Gasteiger partial charge in [-0.1, -0.05) is 0 Å². The quantitative estimate of drug-likeness (QED) is 0.454. The second-order valence-electron chi connectivity index (χ2n) is 3.10. The maximum Gasteiger partial charge on any atom is 0.0199 e. The molecule has 0 aromatic heterocycles. The molecule has 4 heteroatoms. The molecule has 0 rings (SSSR count). The molecule has 0 aromatic carbocycles. The van der Waals surface area contributed by atoms with E-state index in [0.29, 0.717) is 12.6 Å². The Balaban J connectivity index is 3.37. The first-order chi connectivity index (χ1) is 5.74. The van der Waals surface area contributed by atoms with Gasteiger partial charge in [0, 0.05) is 25.7 Å². The zero-order chi connectivity index (χ0) is 9.40. The van der Waals surface area contributed by atoms with Crippen molar-refractivity contribution in [3.05, 3.63) is 0 Å². The lowest BCUT2D eigenvalue weighted by Crippen LogP contribution is -2.37. The molecule has 0 aliphatic rings. The topological polar surface area (TPSA) is 67.3 Å². The van der Waals surface area contributed by atoms with Crippen LogP contribution in [0.25, 0.3) is 0 Å². The molecule has 0 saturated heterocycles. The van der Waals surface area contributed by atoms with Gasteiger partial charge in [-0.25, -0.2) is 0 Å². The Hall–Kier alpha value is -0.160. The first-order valence-corrected chi connectivity index (χ1v) is 4.50. The van der Waals surface area contributed by atoms with Gasteiger partial charge in [0.05, 0.1) is 0 Å². The highest BCUT2D eigenvalue weighted by Gasteiger charge is 2.04. The highest BCUT2D eigenvalue weighted by atomic mass is 15.1. The zero-order valence-corrected chi connectivity index (χ0v) is 8.21. The van der Waals surface area contributed by atoms with E-state index in [9.17, 15) is 0 Å². The van der Waals surface area contributed by atoms with Crippen LogP contribution in [0, 0.1) is 0 Å². The van der Waals surface area contributed by atoms with Crippen molar-refractivity contribution in [3.63, 3.8) is 0 Å². The summed E-state index contributed by atoms with van der Waals surface area (Å²) in [4.78, 5) is 2.22. The van der Waals surface area contributed by atoms with Crippen LogP contribution < -0.4 is 16.8 Å². The lowest BCUT2D eigenvalue weighted by atomic mass is 10.2. The number of nitrogens with two attached hydrogens (primary N) is 2. The van der Waals surface area contributed by atoms with Crippen molar-refractivity contribution in [3.8, 4) is 0 Å². The number of nitrogens with one attached hydrogen (secondary N) is 1. The van der Waals surface area contributed by atoms with Crippen molar-refractivity contribution in [2.75, 3.05) is 40.3 Å².